The highest BCUT2D eigenvalue weighted by atomic mass is 32.1. The Morgan fingerprint density at radius 2 is 1.45 bits per heavy atom. The van der Waals surface area contributed by atoms with E-state index in [2.05, 4.69) is 76.9 Å². The zero-order valence-electron chi connectivity index (χ0n) is 54.8. The first kappa shape index (κ1) is 77.9. The van der Waals surface area contributed by atoms with E-state index in [4.69, 9.17) is 28.5 Å². The Hall–Kier alpha value is -8.33. The lowest BCUT2D eigenvalue weighted by Gasteiger charge is -2.31. The number of methoxy groups -OCH3 is 2. The van der Waals surface area contributed by atoms with Gasteiger partial charge in [0.15, 0.2) is 35.5 Å². The van der Waals surface area contributed by atoms with E-state index in [1.807, 2.05) is 34.0 Å². The Balaban J connectivity index is 0.000000776. The number of amides is 8. The number of thiol groups is 1. The molecule has 25 nitrogen and oxygen atoms in total. The molecule has 4 aliphatic rings. The zero-order valence-corrected chi connectivity index (χ0v) is 55.7. The van der Waals surface area contributed by atoms with Crippen LogP contribution in [-0.4, -0.2) is 178 Å². The summed E-state index contributed by atoms with van der Waals surface area (Å²) >= 11 is 4.03. The van der Waals surface area contributed by atoms with Crippen molar-refractivity contribution in [2.24, 2.45) is 16.5 Å². The minimum absolute atomic E-state index is 0.0849. The van der Waals surface area contributed by atoms with E-state index in [0.29, 0.717) is 85.7 Å². The van der Waals surface area contributed by atoms with Crippen LogP contribution in [0.2, 0.25) is 0 Å². The number of aliphatic imine (C=N–C) groups is 1. The number of hydrogen-bond acceptors (Lipinski definition) is 19. The Labute approximate surface area is 546 Å². The Kier molecular flexibility index (Phi) is 34.9. The molecule has 4 heterocycles. The molecule has 506 valence electrons. The number of fused-ring (bicyclic) bond motifs is 2. The normalized spacial score (nSPS) is 17.6. The number of hydrogen-bond donors (Lipinski definition) is 7. The molecule has 3 fully saturated rings. The number of likely N-dealkylation sites (N-methyl/N-ethyl adjacent to an activating group) is 2. The van der Waals surface area contributed by atoms with Gasteiger partial charge in [0.2, 0.25) is 23.6 Å². The van der Waals surface area contributed by atoms with Gasteiger partial charge in [-0.25, -0.2) is 14.5 Å². The highest BCUT2D eigenvalue weighted by Gasteiger charge is 2.46. The number of carbonyl (C=O) groups is 9. The number of nitrogens with one attached hydrogen (secondary N) is 3. The summed E-state index contributed by atoms with van der Waals surface area (Å²) in [6.45, 7) is 20.3. The zero-order chi connectivity index (χ0) is 68.5. The quantitative estimate of drug-likeness (QED) is 0.00902. The molecule has 5 unspecified atom stereocenters. The fourth-order valence-electron chi connectivity index (χ4n) is 9.96. The van der Waals surface area contributed by atoms with Crippen molar-refractivity contribution in [3.63, 3.8) is 0 Å². The number of unbranched alkanes of at least 4 members (excludes halogenated alkanes) is 5. The van der Waals surface area contributed by atoms with Crippen LogP contribution in [0.15, 0.2) is 77.8 Å². The fourth-order valence-corrected chi connectivity index (χ4v) is 10.3. The topological polar surface area (TPSA) is 333 Å². The first-order valence-corrected chi connectivity index (χ1v) is 31.6. The molecule has 8 amide bonds. The van der Waals surface area contributed by atoms with Crippen LogP contribution in [0.5, 0.6) is 23.0 Å². The number of imide groups is 1. The maximum Gasteiger partial charge on any atom is 0.416 e. The second-order valence-corrected chi connectivity index (χ2v) is 22.4. The van der Waals surface area contributed by atoms with Crippen molar-refractivity contribution in [1.82, 2.24) is 25.3 Å². The van der Waals surface area contributed by atoms with Crippen LogP contribution in [0.4, 0.5) is 26.7 Å². The van der Waals surface area contributed by atoms with E-state index < -0.39 is 41.6 Å². The summed E-state index contributed by atoms with van der Waals surface area (Å²) in [6.07, 6.45) is 9.77. The molecule has 0 aromatic heterocycles. The molecule has 3 saturated heterocycles. The summed E-state index contributed by atoms with van der Waals surface area (Å²) in [4.78, 5) is 118. The van der Waals surface area contributed by atoms with Gasteiger partial charge in [-0.15, -0.1) is 0 Å². The average molecular weight is 1300 g/mol. The Bertz CT molecular complexity index is 3000. The predicted molar refractivity (Wildman–Crippen MR) is 357 cm³/mol. The number of nitrogens with two attached hydrogens (primary N) is 2. The van der Waals surface area contributed by atoms with Gasteiger partial charge < -0.3 is 65.9 Å². The summed E-state index contributed by atoms with van der Waals surface area (Å²) in [5, 5.41) is 19.7. The molecule has 26 heteroatoms. The smallest absolute Gasteiger partial charge is 0.416 e. The fraction of sp³-hybridized carbons (Fsp3) is 0.515. The number of aliphatic hydroxyl groups is 1. The molecule has 3 aromatic rings. The van der Waals surface area contributed by atoms with E-state index in [9.17, 15) is 43.5 Å². The van der Waals surface area contributed by atoms with Gasteiger partial charge in [-0.2, -0.15) is 12.6 Å². The van der Waals surface area contributed by atoms with Crippen LogP contribution in [0.3, 0.4) is 0 Å². The van der Waals surface area contributed by atoms with E-state index in [1.54, 1.807) is 43.4 Å². The molecule has 5 atom stereocenters. The van der Waals surface area contributed by atoms with Gasteiger partial charge in [-0.3, -0.25) is 43.6 Å². The highest BCUT2D eigenvalue weighted by molar-refractivity contribution is 7.81. The van der Waals surface area contributed by atoms with Crippen LogP contribution < -0.4 is 51.3 Å². The lowest BCUT2D eigenvalue weighted by molar-refractivity contribution is -0.138. The number of rotatable bonds is 28. The van der Waals surface area contributed by atoms with Crippen LogP contribution in [0, 0.1) is 0 Å². The summed E-state index contributed by atoms with van der Waals surface area (Å²) < 4.78 is 29.3. The predicted octanol–water partition coefficient (Wildman–Crippen LogP) is 8.07. The largest absolute Gasteiger partial charge is 0.493 e. The van der Waals surface area contributed by atoms with Gasteiger partial charge in [0.1, 0.15) is 18.9 Å². The van der Waals surface area contributed by atoms with Crippen molar-refractivity contribution in [2.75, 3.05) is 77.9 Å². The maximum absolute atomic E-state index is 14.1. The molecule has 0 saturated carbocycles. The Morgan fingerprint density at radius 1 is 0.837 bits per heavy atom. The minimum Gasteiger partial charge on any atom is -0.493 e. The number of carbonyl (C=O) groups excluding carboxylic acids is 9. The van der Waals surface area contributed by atoms with Crippen LogP contribution >= 0.6 is 12.6 Å². The number of aldehydes is 2. The van der Waals surface area contributed by atoms with Gasteiger partial charge in [0.05, 0.1) is 62.2 Å². The number of aliphatic hydroxyl groups excluding tert-OH is 1. The van der Waals surface area contributed by atoms with Crippen molar-refractivity contribution in [1.29, 1.82) is 0 Å². The van der Waals surface area contributed by atoms with Crippen molar-refractivity contribution >= 4 is 90.1 Å². The summed E-state index contributed by atoms with van der Waals surface area (Å²) in [5.41, 5.74) is 12.5. The van der Waals surface area contributed by atoms with E-state index >= 15 is 0 Å². The molecule has 8 N–H and O–H groups in total. The van der Waals surface area contributed by atoms with Crippen molar-refractivity contribution in [3.05, 3.63) is 89.5 Å². The van der Waals surface area contributed by atoms with Crippen molar-refractivity contribution in [2.45, 2.75) is 154 Å². The summed E-state index contributed by atoms with van der Waals surface area (Å²) in [5.74, 6) is 0.0442. The molecule has 3 aromatic carbocycles. The highest BCUT2D eigenvalue weighted by Crippen LogP contribution is 2.42. The van der Waals surface area contributed by atoms with Crippen molar-refractivity contribution < 1.29 is 71.9 Å². The molecule has 0 bridgehead atoms. The summed E-state index contributed by atoms with van der Waals surface area (Å²) in [6, 6.07) is 10.8. The summed E-state index contributed by atoms with van der Waals surface area (Å²) in [7, 11) is 6.62. The third-order valence-electron chi connectivity index (χ3n) is 14.4. The van der Waals surface area contributed by atoms with Gasteiger partial charge in [-0.05, 0) is 95.3 Å². The Morgan fingerprint density at radius 3 is 2.00 bits per heavy atom. The number of anilines is 2. The van der Waals surface area contributed by atoms with Crippen LogP contribution in [0.25, 0.3) is 0 Å². The lowest BCUT2D eigenvalue weighted by atomic mass is 10.1. The molecule has 0 spiro atoms. The maximum atomic E-state index is 14.1. The first-order valence-electron chi connectivity index (χ1n) is 31.1. The molecule has 7 rings (SSSR count). The molecular formula is C66H96N10O15S. The second kappa shape index (κ2) is 41.2. The van der Waals surface area contributed by atoms with Gasteiger partial charge >= 0.3 is 12.1 Å². The third kappa shape index (κ3) is 24.0. The molecule has 4 aliphatic heterocycles. The van der Waals surface area contributed by atoms with Gasteiger partial charge in [0, 0.05) is 68.1 Å². The molecule has 0 aliphatic carbocycles. The number of urea groups is 1. The monoisotopic (exact) mass is 1300 g/mol. The number of likely N-dealkylation sites (tertiary alicyclic amines) is 2. The molecule has 0 radical (unpaired) electrons. The minimum atomic E-state index is -1.49. The van der Waals surface area contributed by atoms with Gasteiger partial charge in [0.25, 0.3) is 5.91 Å². The number of benzene rings is 3. The average Bonchev–Trinajstić information content (AvgIpc) is 1.57. The number of nitrogens with zero attached hydrogens (tertiary/aromatic N) is 5. The molecular weight excluding hydrogens is 1200 g/mol. The third-order valence-corrected chi connectivity index (χ3v) is 14.8. The number of ether oxygens (including phenoxy) is 5. The molecule has 92 heavy (non-hydrogen) atoms. The standard InChI is InChI=1S/C50H63N7O11.C10H15NO3S.C3H8.C2H6.CH4N2O/c1-8-12-38(54-46(59)26-51-4)47(60)53-35-15-13-33(14-16-35)30-68-50(63)57-40-24-45(43(65-7)22-37(40)48(61)56-28-32(3)20-41(56)49(57)62)67-18-11-9-10-17-66-44-23-39(34(29-58)21-42(44)64-6)52-25-36-19-31(2)27-55(36)5;12-6-4-2-1-3-5-11-9(13)7-8(15)10(11)14;1-3-2;1-2;2-1(3)4/h13-16,21-25,29,36,38,41,49,51,62H,2-3,8-12,17-20,26-28,30H2,1,4-7H3,(H,53,60)(H,54,59);6,8,15H,1-5,7H2;3H2,1-2H3;1-2H3;(H4,2,3,4). The van der Waals surface area contributed by atoms with E-state index in [0.717, 1.165) is 60.8 Å². The number of primary amides is 2. The van der Waals surface area contributed by atoms with Crippen molar-refractivity contribution in [3.8, 4) is 23.0 Å². The SMILES string of the molecule is C=C1CC(C=Nc2cc(OCCCCCOc3cc4c(cc3OC)C(=O)N3CC(=C)CC3C(O)N4C(=O)OCc3ccc(NC(=O)C(CCC)NC(=O)CNC)cc3)c(OC)cc2C=O)N(C)C1.CC.CCC.NC(N)=O.O=CCCCCCN1C(=O)CC(S)C1=O. The van der Waals surface area contributed by atoms with E-state index in [-0.39, 0.29) is 91.6 Å². The lowest BCUT2D eigenvalue weighted by Crippen LogP contribution is -2.50. The first-order chi connectivity index (χ1) is 44.1. The van der Waals surface area contributed by atoms with Gasteiger partial charge in [-0.1, -0.05) is 90.3 Å². The van der Waals surface area contributed by atoms with Crippen LogP contribution in [0.1, 0.15) is 144 Å². The van der Waals surface area contributed by atoms with Crippen LogP contribution in [-0.2, 0) is 35.3 Å². The second-order valence-electron chi connectivity index (χ2n) is 21.8. The van der Waals surface area contributed by atoms with E-state index in [1.165, 1.54) is 42.6 Å².